The molecule has 1 aliphatic heterocycles. The topological polar surface area (TPSA) is 99.9 Å². The number of fused-ring (bicyclic) bond motifs is 3. The van der Waals surface area contributed by atoms with Crippen LogP contribution in [-0.2, 0) is 13.0 Å². The van der Waals surface area contributed by atoms with E-state index in [4.69, 9.17) is 17.3 Å². The predicted octanol–water partition coefficient (Wildman–Crippen LogP) is 2.50. The highest BCUT2D eigenvalue weighted by Gasteiger charge is 2.32. The van der Waals surface area contributed by atoms with Crippen LogP contribution in [-0.4, -0.2) is 31.1 Å². The van der Waals surface area contributed by atoms with Gasteiger partial charge < -0.3 is 10.9 Å². The van der Waals surface area contributed by atoms with Gasteiger partial charge in [-0.1, -0.05) is 30.7 Å². The molecule has 3 aromatic rings. The maximum absolute atomic E-state index is 13.0. The van der Waals surface area contributed by atoms with Crippen LogP contribution in [0.25, 0.3) is 5.00 Å². The van der Waals surface area contributed by atoms with Crippen molar-refractivity contribution in [2.75, 3.05) is 0 Å². The van der Waals surface area contributed by atoms with Crippen molar-refractivity contribution in [3.05, 3.63) is 68.2 Å². The van der Waals surface area contributed by atoms with Crippen molar-refractivity contribution in [3.63, 3.8) is 0 Å². The zero-order valence-electron chi connectivity index (χ0n) is 13.8. The van der Waals surface area contributed by atoms with Gasteiger partial charge in [0.15, 0.2) is 5.82 Å². The molecular formula is C17H14ClN5O2S. The summed E-state index contributed by atoms with van der Waals surface area (Å²) in [5.41, 5.74) is 7.13. The molecular weight excluding hydrogens is 374 g/mol. The number of halogens is 1. The number of amides is 1. The molecule has 1 amide bonds. The number of thiophene rings is 1. The molecule has 0 aliphatic carbocycles. The van der Waals surface area contributed by atoms with Crippen molar-refractivity contribution >= 4 is 34.6 Å². The van der Waals surface area contributed by atoms with Gasteiger partial charge in [0.1, 0.15) is 5.00 Å². The first kappa shape index (κ1) is 16.7. The molecule has 1 aliphatic rings. The highest BCUT2D eigenvalue weighted by Crippen LogP contribution is 2.33. The van der Waals surface area contributed by atoms with Crippen LogP contribution in [0.4, 0.5) is 0 Å². The summed E-state index contributed by atoms with van der Waals surface area (Å²) in [6.45, 7) is 1.97. The van der Waals surface area contributed by atoms with E-state index in [9.17, 15) is 10.0 Å². The Hall–Kier alpha value is -2.71. The summed E-state index contributed by atoms with van der Waals surface area (Å²) in [5.74, 6) is -0.472. The number of hydrogen-bond donors (Lipinski definition) is 1. The number of hydrogen-bond acceptors (Lipinski definition) is 5. The van der Waals surface area contributed by atoms with Gasteiger partial charge in [-0.15, -0.1) is 16.4 Å². The molecule has 4 rings (SSSR count). The van der Waals surface area contributed by atoms with E-state index in [-0.39, 0.29) is 12.4 Å². The molecule has 26 heavy (non-hydrogen) atoms. The van der Waals surface area contributed by atoms with Crippen molar-refractivity contribution in [1.82, 2.24) is 14.8 Å². The molecule has 0 saturated heterocycles. The van der Waals surface area contributed by atoms with Crippen molar-refractivity contribution in [1.29, 1.82) is 0 Å². The van der Waals surface area contributed by atoms with E-state index >= 15 is 0 Å². The average Bonchev–Trinajstić information content (AvgIpc) is 3.19. The van der Waals surface area contributed by atoms with Gasteiger partial charge in [0.2, 0.25) is 18.1 Å². The lowest BCUT2D eigenvalue weighted by Crippen LogP contribution is -2.18. The Labute approximate surface area is 157 Å². The van der Waals surface area contributed by atoms with Crippen molar-refractivity contribution in [2.45, 2.75) is 19.9 Å². The standard InChI is InChI=1S/C17H14ClN5O2S/c1-2-9-7-11-14(10-5-3-4-6-12(10)18)22(25)8-13-20-16(15(19)24)21-23(13)17(11)26-9/h3-7H,2,8H2,1H3,(H2,19,24). The third kappa shape index (κ3) is 2.58. The van der Waals surface area contributed by atoms with Gasteiger partial charge in [0.05, 0.1) is 16.1 Å². The van der Waals surface area contributed by atoms with Crippen LogP contribution in [0.15, 0.2) is 30.3 Å². The maximum Gasteiger partial charge on any atom is 0.288 e. The lowest BCUT2D eigenvalue weighted by atomic mass is 10.0. The highest BCUT2D eigenvalue weighted by atomic mass is 35.5. The summed E-state index contributed by atoms with van der Waals surface area (Å²) in [6.07, 6.45) is 0.805. The minimum absolute atomic E-state index is 0.0658. The first-order valence-corrected chi connectivity index (χ1v) is 9.14. The second kappa shape index (κ2) is 6.22. The number of benzene rings is 1. The number of aromatic nitrogens is 3. The number of rotatable bonds is 3. The third-order valence-corrected chi connectivity index (χ3v) is 5.70. The van der Waals surface area contributed by atoms with E-state index in [1.54, 1.807) is 6.07 Å². The van der Waals surface area contributed by atoms with Gasteiger partial charge >= 0.3 is 0 Å². The van der Waals surface area contributed by atoms with Crippen LogP contribution in [0, 0.1) is 5.21 Å². The number of nitrogens with zero attached hydrogens (tertiary/aromatic N) is 4. The molecule has 9 heteroatoms. The summed E-state index contributed by atoms with van der Waals surface area (Å²) in [6, 6.07) is 9.17. The number of primary amides is 1. The molecule has 2 N–H and O–H groups in total. The van der Waals surface area contributed by atoms with Crippen LogP contribution in [0.3, 0.4) is 0 Å². The first-order valence-electron chi connectivity index (χ1n) is 7.95. The Morgan fingerprint density at radius 2 is 2.19 bits per heavy atom. The molecule has 0 radical (unpaired) electrons. The molecule has 0 atom stereocenters. The first-order chi connectivity index (χ1) is 12.5. The Balaban J connectivity index is 2.01. The van der Waals surface area contributed by atoms with Crippen molar-refractivity contribution in [3.8, 4) is 5.00 Å². The second-order valence-corrected chi connectivity index (χ2v) is 7.30. The third-order valence-electron chi connectivity index (χ3n) is 4.12. The molecule has 2 aromatic heterocycles. The van der Waals surface area contributed by atoms with E-state index < -0.39 is 5.91 Å². The van der Waals surface area contributed by atoms with Crippen LogP contribution in [0.1, 0.15) is 39.4 Å². The summed E-state index contributed by atoms with van der Waals surface area (Å²) < 4.78 is 2.37. The molecule has 1 aromatic carbocycles. The number of carbonyl (C=O) groups excluding carboxylic acids is 1. The fourth-order valence-electron chi connectivity index (χ4n) is 2.92. The molecule has 0 saturated carbocycles. The smallest absolute Gasteiger partial charge is 0.288 e. The van der Waals surface area contributed by atoms with Gasteiger partial charge in [0, 0.05) is 4.88 Å². The lowest BCUT2D eigenvalue weighted by Gasteiger charge is -2.09. The fourth-order valence-corrected chi connectivity index (χ4v) is 4.21. The van der Waals surface area contributed by atoms with Crippen LogP contribution < -0.4 is 5.73 Å². The highest BCUT2D eigenvalue weighted by molar-refractivity contribution is 7.15. The van der Waals surface area contributed by atoms with Gasteiger partial charge in [0.25, 0.3) is 5.91 Å². The fraction of sp³-hybridized carbons (Fsp3) is 0.176. The summed E-state index contributed by atoms with van der Waals surface area (Å²) in [4.78, 5) is 16.7. The van der Waals surface area contributed by atoms with Gasteiger partial charge in [-0.2, -0.15) is 9.42 Å². The molecule has 0 spiro atoms. The maximum atomic E-state index is 13.0. The lowest BCUT2D eigenvalue weighted by molar-refractivity contribution is -0.475. The van der Waals surface area contributed by atoms with E-state index in [2.05, 4.69) is 10.1 Å². The van der Waals surface area contributed by atoms with E-state index in [1.807, 2.05) is 31.2 Å². The van der Waals surface area contributed by atoms with E-state index in [0.717, 1.165) is 26.6 Å². The number of nitrogens with two attached hydrogens (primary N) is 1. The van der Waals surface area contributed by atoms with Crippen molar-refractivity contribution < 1.29 is 9.53 Å². The predicted molar refractivity (Wildman–Crippen MR) is 99.1 cm³/mol. The van der Waals surface area contributed by atoms with Gasteiger partial charge in [-0.05, 0) is 24.6 Å². The number of carbonyl (C=O) groups is 1. The second-order valence-electron chi connectivity index (χ2n) is 5.78. The van der Waals surface area contributed by atoms with Crippen molar-refractivity contribution in [2.24, 2.45) is 5.73 Å². The summed E-state index contributed by atoms with van der Waals surface area (Å²) in [5, 5.41) is 18.4. The molecule has 0 bridgehead atoms. The molecule has 0 unspecified atom stereocenters. The van der Waals surface area contributed by atoms with Crippen LogP contribution in [0.2, 0.25) is 5.02 Å². The summed E-state index contributed by atoms with van der Waals surface area (Å²) in [7, 11) is 0. The van der Waals surface area contributed by atoms with Gasteiger partial charge in [-0.25, -0.2) is 4.98 Å². The zero-order valence-corrected chi connectivity index (χ0v) is 15.3. The molecule has 3 heterocycles. The quantitative estimate of drug-likeness (QED) is 0.551. The zero-order chi connectivity index (χ0) is 18.4. The normalized spacial score (nSPS) is 13.3. The number of aryl methyl sites for hydroxylation is 1. The van der Waals surface area contributed by atoms with E-state index in [1.165, 1.54) is 16.0 Å². The molecule has 0 fully saturated rings. The van der Waals surface area contributed by atoms with Gasteiger partial charge in [-0.3, -0.25) is 4.79 Å². The van der Waals surface area contributed by atoms with Crippen LogP contribution >= 0.6 is 22.9 Å². The number of hydroxylamine groups is 1. The Morgan fingerprint density at radius 3 is 2.88 bits per heavy atom. The minimum atomic E-state index is -0.729. The Morgan fingerprint density at radius 1 is 1.42 bits per heavy atom. The average molecular weight is 388 g/mol. The largest absolute Gasteiger partial charge is 0.623 e. The Kier molecular flexibility index (Phi) is 4.01. The van der Waals surface area contributed by atoms with E-state index in [0.29, 0.717) is 22.1 Å². The molecule has 7 nitrogen and oxygen atoms in total. The SMILES string of the molecule is CCc1cc2c(s1)-n1nc(C(N)=O)nc1C[N+]([O-])=C2c1ccccc1Cl. The Bertz CT molecular complexity index is 1070. The molecule has 132 valence electrons. The minimum Gasteiger partial charge on any atom is -0.623 e. The monoisotopic (exact) mass is 387 g/mol. The van der Waals surface area contributed by atoms with Crippen LogP contribution in [0.5, 0.6) is 0 Å². The summed E-state index contributed by atoms with van der Waals surface area (Å²) >= 11 is 7.85.